The molecule has 0 aliphatic carbocycles. The highest BCUT2D eigenvalue weighted by atomic mass is 16.3. The SMILES string of the molecule is Cc1occc1-c1nc2ncccc2[nH]1. The maximum absolute atomic E-state index is 5.23. The third-order valence-corrected chi connectivity index (χ3v) is 2.37. The van der Waals surface area contributed by atoms with Crippen LogP contribution in [0, 0.1) is 6.92 Å². The van der Waals surface area contributed by atoms with Crippen LogP contribution in [0.15, 0.2) is 35.1 Å². The van der Waals surface area contributed by atoms with Gasteiger partial charge in [0.15, 0.2) is 5.65 Å². The summed E-state index contributed by atoms with van der Waals surface area (Å²) in [6, 6.07) is 5.73. The minimum atomic E-state index is 0.730. The van der Waals surface area contributed by atoms with Gasteiger partial charge in [0.2, 0.25) is 0 Å². The molecule has 3 rings (SSSR count). The lowest BCUT2D eigenvalue weighted by Crippen LogP contribution is -1.79. The molecule has 0 fully saturated rings. The Balaban J connectivity index is 2.24. The average Bonchev–Trinajstić information content (AvgIpc) is 2.82. The van der Waals surface area contributed by atoms with Crippen LogP contribution in [0.25, 0.3) is 22.6 Å². The van der Waals surface area contributed by atoms with E-state index in [1.165, 1.54) is 0 Å². The summed E-state index contributed by atoms with van der Waals surface area (Å²) in [5, 5.41) is 0. The van der Waals surface area contributed by atoms with E-state index in [4.69, 9.17) is 4.42 Å². The fraction of sp³-hybridized carbons (Fsp3) is 0.0909. The van der Waals surface area contributed by atoms with Gasteiger partial charge in [-0.25, -0.2) is 9.97 Å². The molecule has 0 aromatic carbocycles. The summed E-state index contributed by atoms with van der Waals surface area (Å²) in [7, 11) is 0. The van der Waals surface area contributed by atoms with E-state index >= 15 is 0 Å². The van der Waals surface area contributed by atoms with Gasteiger partial charge in [0, 0.05) is 6.20 Å². The fourth-order valence-corrected chi connectivity index (χ4v) is 1.60. The summed E-state index contributed by atoms with van der Waals surface area (Å²) < 4.78 is 5.23. The van der Waals surface area contributed by atoms with Crippen molar-refractivity contribution in [3.8, 4) is 11.4 Å². The fourth-order valence-electron chi connectivity index (χ4n) is 1.60. The highest BCUT2D eigenvalue weighted by molar-refractivity contribution is 5.75. The summed E-state index contributed by atoms with van der Waals surface area (Å²) in [6.07, 6.45) is 3.39. The first kappa shape index (κ1) is 8.23. The summed E-state index contributed by atoms with van der Waals surface area (Å²) in [4.78, 5) is 11.8. The van der Waals surface area contributed by atoms with E-state index in [9.17, 15) is 0 Å². The van der Waals surface area contributed by atoms with Crippen LogP contribution in [0.5, 0.6) is 0 Å². The zero-order valence-corrected chi connectivity index (χ0v) is 8.19. The number of H-pyrrole nitrogens is 1. The quantitative estimate of drug-likeness (QED) is 0.655. The number of nitrogens with zero attached hydrogens (tertiary/aromatic N) is 2. The van der Waals surface area contributed by atoms with Crippen LogP contribution in [-0.4, -0.2) is 15.0 Å². The van der Waals surface area contributed by atoms with Crippen LogP contribution in [0.1, 0.15) is 5.76 Å². The third-order valence-electron chi connectivity index (χ3n) is 2.37. The van der Waals surface area contributed by atoms with Crippen molar-refractivity contribution < 1.29 is 4.42 Å². The van der Waals surface area contributed by atoms with Gasteiger partial charge in [-0.2, -0.15) is 0 Å². The molecule has 15 heavy (non-hydrogen) atoms. The Morgan fingerprint density at radius 3 is 3.00 bits per heavy atom. The van der Waals surface area contributed by atoms with Gasteiger partial charge >= 0.3 is 0 Å². The third kappa shape index (κ3) is 1.22. The molecule has 0 amide bonds. The molecule has 3 aromatic rings. The van der Waals surface area contributed by atoms with Gasteiger partial charge < -0.3 is 9.40 Å². The Kier molecular flexibility index (Phi) is 1.62. The molecule has 3 heterocycles. The summed E-state index contributed by atoms with van der Waals surface area (Å²) in [5.74, 6) is 1.66. The number of hydrogen-bond donors (Lipinski definition) is 1. The number of fused-ring (bicyclic) bond motifs is 1. The zero-order chi connectivity index (χ0) is 10.3. The molecule has 3 aromatic heterocycles. The first-order chi connectivity index (χ1) is 7.34. The largest absolute Gasteiger partial charge is 0.469 e. The summed E-state index contributed by atoms with van der Waals surface area (Å²) >= 11 is 0. The summed E-state index contributed by atoms with van der Waals surface area (Å²) in [5.41, 5.74) is 2.65. The highest BCUT2D eigenvalue weighted by Crippen LogP contribution is 2.23. The maximum Gasteiger partial charge on any atom is 0.178 e. The van der Waals surface area contributed by atoms with E-state index in [-0.39, 0.29) is 0 Å². The minimum absolute atomic E-state index is 0.730. The molecule has 0 aliphatic rings. The lowest BCUT2D eigenvalue weighted by atomic mass is 10.2. The van der Waals surface area contributed by atoms with E-state index in [0.29, 0.717) is 0 Å². The molecular formula is C11H9N3O. The lowest BCUT2D eigenvalue weighted by molar-refractivity contribution is 0.535. The molecule has 0 atom stereocenters. The minimum Gasteiger partial charge on any atom is -0.469 e. The molecule has 0 aliphatic heterocycles. The van der Waals surface area contributed by atoms with E-state index < -0.39 is 0 Å². The van der Waals surface area contributed by atoms with Crippen LogP contribution in [0.2, 0.25) is 0 Å². The Hall–Kier alpha value is -2.10. The van der Waals surface area contributed by atoms with Gasteiger partial charge in [-0.1, -0.05) is 0 Å². The number of nitrogens with one attached hydrogen (secondary N) is 1. The summed E-state index contributed by atoms with van der Waals surface area (Å²) in [6.45, 7) is 1.91. The van der Waals surface area contributed by atoms with Crippen LogP contribution >= 0.6 is 0 Å². The van der Waals surface area contributed by atoms with Gasteiger partial charge in [-0.15, -0.1) is 0 Å². The monoisotopic (exact) mass is 199 g/mol. The molecule has 1 N–H and O–H groups in total. The van der Waals surface area contributed by atoms with Crippen molar-refractivity contribution in [3.63, 3.8) is 0 Å². The van der Waals surface area contributed by atoms with Gasteiger partial charge in [-0.05, 0) is 25.1 Å². The van der Waals surface area contributed by atoms with Crippen molar-refractivity contribution in [2.24, 2.45) is 0 Å². The molecule has 0 saturated carbocycles. The molecular weight excluding hydrogens is 190 g/mol. The molecule has 4 heteroatoms. The highest BCUT2D eigenvalue weighted by Gasteiger charge is 2.09. The number of aromatic amines is 1. The molecule has 0 spiro atoms. The van der Waals surface area contributed by atoms with Crippen molar-refractivity contribution in [2.75, 3.05) is 0 Å². The number of furan rings is 1. The first-order valence-electron chi connectivity index (χ1n) is 4.70. The number of aromatic nitrogens is 3. The van der Waals surface area contributed by atoms with Crippen molar-refractivity contribution in [2.45, 2.75) is 6.92 Å². The second-order valence-electron chi connectivity index (χ2n) is 3.35. The molecule has 4 nitrogen and oxygen atoms in total. The Morgan fingerprint density at radius 1 is 1.33 bits per heavy atom. The van der Waals surface area contributed by atoms with Crippen molar-refractivity contribution in [3.05, 3.63) is 36.4 Å². The second-order valence-corrected chi connectivity index (χ2v) is 3.35. The van der Waals surface area contributed by atoms with Crippen LogP contribution < -0.4 is 0 Å². The second kappa shape index (κ2) is 2.95. The molecule has 74 valence electrons. The van der Waals surface area contributed by atoms with Gasteiger partial charge in [0.05, 0.1) is 17.3 Å². The van der Waals surface area contributed by atoms with Crippen LogP contribution in [0.3, 0.4) is 0 Å². The number of rotatable bonds is 1. The first-order valence-corrected chi connectivity index (χ1v) is 4.70. The normalized spacial score (nSPS) is 11.0. The molecule has 0 radical (unpaired) electrons. The predicted octanol–water partition coefficient (Wildman–Crippen LogP) is 2.53. The van der Waals surface area contributed by atoms with E-state index in [1.807, 2.05) is 25.1 Å². The number of hydrogen-bond acceptors (Lipinski definition) is 3. The molecule has 0 unspecified atom stereocenters. The van der Waals surface area contributed by atoms with Gasteiger partial charge in [-0.3, -0.25) is 0 Å². The van der Waals surface area contributed by atoms with E-state index in [0.717, 1.165) is 28.3 Å². The smallest absolute Gasteiger partial charge is 0.178 e. The van der Waals surface area contributed by atoms with Crippen molar-refractivity contribution in [1.82, 2.24) is 15.0 Å². The van der Waals surface area contributed by atoms with Gasteiger partial charge in [0.1, 0.15) is 11.6 Å². The van der Waals surface area contributed by atoms with Crippen molar-refractivity contribution in [1.29, 1.82) is 0 Å². The Bertz CT molecular complexity index is 576. The van der Waals surface area contributed by atoms with Crippen LogP contribution in [-0.2, 0) is 0 Å². The van der Waals surface area contributed by atoms with Crippen molar-refractivity contribution >= 4 is 11.2 Å². The number of imidazole rings is 1. The zero-order valence-electron chi connectivity index (χ0n) is 8.19. The lowest BCUT2D eigenvalue weighted by Gasteiger charge is -1.90. The molecule has 0 saturated heterocycles. The van der Waals surface area contributed by atoms with Crippen LogP contribution in [0.4, 0.5) is 0 Å². The number of pyridine rings is 1. The van der Waals surface area contributed by atoms with E-state index in [1.54, 1.807) is 12.5 Å². The van der Waals surface area contributed by atoms with Gasteiger partial charge in [0.25, 0.3) is 0 Å². The average molecular weight is 199 g/mol. The molecule has 0 bridgehead atoms. The standard InChI is InChI=1S/C11H9N3O/c1-7-8(4-6-15-7)10-13-9-3-2-5-12-11(9)14-10/h2-6H,1H3,(H,12,13,14). The van der Waals surface area contributed by atoms with E-state index in [2.05, 4.69) is 15.0 Å². The Morgan fingerprint density at radius 2 is 2.27 bits per heavy atom. The maximum atomic E-state index is 5.23. The Labute approximate surface area is 86.0 Å². The number of aryl methyl sites for hydroxylation is 1. The predicted molar refractivity (Wildman–Crippen MR) is 56.3 cm³/mol. The topological polar surface area (TPSA) is 54.7 Å².